The van der Waals surface area contributed by atoms with Crippen molar-refractivity contribution in [2.24, 2.45) is 5.92 Å². The SMILES string of the molecule is CCCCOc1ccc(C(=O)N2CCCC(CNC)C2)cc1.Cl. The van der Waals surface area contributed by atoms with Crippen LogP contribution in [0.4, 0.5) is 0 Å². The largest absolute Gasteiger partial charge is 0.494 e. The van der Waals surface area contributed by atoms with Crippen molar-refractivity contribution < 1.29 is 9.53 Å². The topological polar surface area (TPSA) is 41.6 Å². The van der Waals surface area contributed by atoms with Gasteiger partial charge in [-0.2, -0.15) is 0 Å². The molecule has 130 valence electrons. The molecule has 1 aliphatic heterocycles. The molecular weight excluding hydrogens is 312 g/mol. The normalized spacial score (nSPS) is 17.5. The number of hydrogen-bond donors (Lipinski definition) is 1. The molecule has 0 aromatic heterocycles. The van der Waals surface area contributed by atoms with Crippen molar-refractivity contribution in [1.29, 1.82) is 0 Å². The van der Waals surface area contributed by atoms with Gasteiger partial charge in [-0.25, -0.2) is 0 Å². The van der Waals surface area contributed by atoms with Gasteiger partial charge in [0.2, 0.25) is 0 Å². The van der Waals surface area contributed by atoms with E-state index in [2.05, 4.69) is 12.2 Å². The summed E-state index contributed by atoms with van der Waals surface area (Å²) in [5.74, 6) is 1.55. The van der Waals surface area contributed by atoms with Gasteiger partial charge in [0.05, 0.1) is 6.61 Å². The first-order valence-corrected chi connectivity index (χ1v) is 8.41. The Hall–Kier alpha value is -1.26. The van der Waals surface area contributed by atoms with Crippen LogP contribution in [0.25, 0.3) is 0 Å². The zero-order valence-electron chi connectivity index (χ0n) is 14.2. The molecule has 1 saturated heterocycles. The van der Waals surface area contributed by atoms with Crippen molar-refractivity contribution in [3.05, 3.63) is 29.8 Å². The van der Waals surface area contributed by atoms with E-state index in [-0.39, 0.29) is 18.3 Å². The van der Waals surface area contributed by atoms with Crippen LogP contribution >= 0.6 is 12.4 Å². The monoisotopic (exact) mass is 340 g/mol. The number of halogens is 1. The molecule has 1 fully saturated rings. The van der Waals surface area contributed by atoms with Crippen molar-refractivity contribution >= 4 is 18.3 Å². The molecule has 23 heavy (non-hydrogen) atoms. The molecule has 1 N–H and O–H groups in total. The van der Waals surface area contributed by atoms with Crippen LogP contribution in [0.5, 0.6) is 5.75 Å². The highest BCUT2D eigenvalue weighted by molar-refractivity contribution is 5.94. The maximum atomic E-state index is 12.6. The zero-order chi connectivity index (χ0) is 15.8. The number of likely N-dealkylation sites (tertiary alicyclic amines) is 1. The number of unbranched alkanes of at least 4 members (excludes halogenated alkanes) is 1. The molecule has 0 aliphatic carbocycles. The quantitative estimate of drug-likeness (QED) is 0.774. The number of amides is 1. The van der Waals surface area contributed by atoms with E-state index in [0.29, 0.717) is 5.92 Å². The van der Waals surface area contributed by atoms with Crippen molar-refractivity contribution in [2.45, 2.75) is 32.6 Å². The maximum absolute atomic E-state index is 12.6. The molecule has 0 saturated carbocycles. The summed E-state index contributed by atoms with van der Waals surface area (Å²) >= 11 is 0. The lowest BCUT2D eigenvalue weighted by atomic mass is 9.97. The van der Waals surface area contributed by atoms with E-state index >= 15 is 0 Å². The Morgan fingerprint density at radius 1 is 1.35 bits per heavy atom. The molecular formula is C18H29ClN2O2. The lowest BCUT2D eigenvalue weighted by Gasteiger charge is -2.32. The van der Waals surface area contributed by atoms with Gasteiger partial charge in [-0.1, -0.05) is 13.3 Å². The number of hydrogen-bond acceptors (Lipinski definition) is 3. The molecule has 1 heterocycles. The summed E-state index contributed by atoms with van der Waals surface area (Å²) in [6.45, 7) is 5.59. The van der Waals surface area contributed by atoms with E-state index in [9.17, 15) is 4.79 Å². The van der Waals surface area contributed by atoms with Gasteiger partial charge in [0.1, 0.15) is 5.75 Å². The summed E-state index contributed by atoms with van der Waals surface area (Å²) < 4.78 is 5.64. The number of carbonyl (C=O) groups is 1. The fraction of sp³-hybridized carbons (Fsp3) is 0.611. The van der Waals surface area contributed by atoms with Gasteiger partial charge in [-0.05, 0) is 63.0 Å². The van der Waals surface area contributed by atoms with Crippen molar-refractivity contribution in [3.8, 4) is 5.75 Å². The summed E-state index contributed by atoms with van der Waals surface area (Å²) in [7, 11) is 1.97. The third kappa shape index (κ3) is 6.04. The van der Waals surface area contributed by atoms with Gasteiger partial charge in [-0.15, -0.1) is 12.4 Å². The number of nitrogens with zero attached hydrogens (tertiary/aromatic N) is 1. The Bertz CT molecular complexity index is 463. The van der Waals surface area contributed by atoms with Gasteiger partial charge in [0, 0.05) is 18.7 Å². The minimum absolute atomic E-state index is 0. The van der Waals surface area contributed by atoms with E-state index < -0.39 is 0 Å². The summed E-state index contributed by atoms with van der Waals surface area (Å²) in [5.41, 5.74) is 0.757. The van der Waals surface area contributed by atoms with Crippen LogP contribution in [0.15, 0.2) is 24.3 Å². The second kappa shape index (κ2) is 10.5. The van der Waals surface area contributed by atoms with E-state index in [1.807, 2.05) is 36.2 Å². The first kappa shape index (κ1) is 19.8. The van der Waals surface area contributed by atoms with Crippen LogP contribution in [-0.2, 0) is 0 Å². The second-order valence-electron chi connectivity index (χ2n) is 6.04. The Kier molecular flexibility index (Phi) is 9.03. The highest BCUT2D eigenvalue weighted by atomic mass is 35.5. The predicted molar refractivity (Wildman–Crippen MR) is 96.6 cm³/mol. The Morgan fingerprint density at radius 2 is 2.09 bits per heavy atom. The second-order valence-corrected chi connectivity index (χ2v) is 6.04. The van der Waals surface area contributed by atoms with Crippen LogP contribution in [0.2, 0.25) is 0 Å². The molecule has 0 bridgehead atoms. The third-order valence-electron chi connectivity index (χ3n) is 4.17. The van der Waals surface area contributed by atoms with E-state index in [1.165, 1.54) is 6.42 Å². The highest BCUT2D eigenvalue weighted by Crippen LogP contribution is 2.19. The van der Waals surface area contributed by atoms with E-state index in [0.717, 1.165) is 56.8 Å². The van der Waals surface area contributed by atoms with Crippen LogP contribution in [0.1, 0.15) is 43.0 Å². The van der Waals surface area contributed by atoms with Crippen molar-refractivity contribution in [2.75, 3.05) is 33.3 Å². The van der Waals surface area contributed by atoms with Crippen LogP contribution in [-0.4, -0.2) is 44.1 Å². The molecule has 1 unspecified atom stereocenters. The van der Waals surface area contributed by atoms with Crippen LogP contribution in [0.3, 0.4) is 0 Å². The van der Waals surface area contributed by atoms with Crippen LogP contribution < -0.4 is 10.1 Å². The van der Waals surface area contributed by atoms with Crippen molar-refractivity contribution in [3.63, 3.8) is 0 Å². The minimum atomic E-state index is 0. The molecule has 0 radical (unpaired) electrons. The predicted octanol–water partition coefficient (Wildman–Crippen LogP) is 3.36. The lowest BCUT2D eigenvalue weighted by molar-refractivity contribution is 0.0674. The molecule has 4 nitrogen and oxygen atoms in total. The highest BCUT2D eigenvalue weighted by Gasteiger charge is 2.23. The fourth-order valence-electron chi connectivity index (χ4n) is 2.92. The van der Waals surface area contributed by atoms with E-state index in [4.69, 9.17) is 4.74 Å². The summed E-state index contributed by atoms with van der Waals surface area (Å²) in [6.07, 6.45) is 4.48. The third-order valence-corrected chi connectivity index (χ3v) is 4.17. The first-order valence-electron chi connectivity index (χ1n) is 8.41. The Balaban J connectivity index is 0.00000264. The summed E-state index contributed by atoms with van der Waals surface area (Å²) in [4.78, 5) is 14.6. The summed E-state index contributed by atoms with van der Waals surface area (Å²) in [6, 6.07) is 7.56. The molecule has 1 aromatic rings. The molecule has 1 aliphatic rings. The Morgan fingerprint density at radius 3 is 2.74 bits per heavy atom. The Labute approximate surface area is 146 Å². The van der Waals surface area contributed by atoms with Gasteiger partial charge >= 0.3 is 0 Å². The number of benzene rings is 1. The first-order chi connectivity index (χ1) is 10.7. The zero-order valence-corrected chi connectivity index (χ0v) is 15.0. The number of nitrogens with one attached hydrogen (secondary N) is 1. The molecule has 5 heteroatoms. The number of rotatable bonds is 7. The lowest BCUT2D eigenvalue weighted by Crippen LogP contribution is -2.42. The maximum Gasteiger partial charge on any atom is 0.253 e. The molecule has 2 rings (SSSR count). The minimum Gasteiger partial charge on any atom is -0.494 e. The standard InChI is InChI=1S/C18H28N2O2.ClH/c1-3-4-12-22-17-9-7-16(8-10-17)18(21)20-11-5-6-15(14-20)13-19-2;/h7-10,15,19H,3-6,11-14H2,1-2H3;1H. The van der Waals surface area contributed by atoms with Crippen molar-refractivity contribution in [1.82, 2.24) is 10.2 Å². The average molecular weight is 341 g/mol. The average Bonchev–Trinajstić information content (AvgIpc) is 2.56. The van der Waals surface area contributed by atoms with Gasteiger partial charge in [0.15, 0.2) is 0 Å². The van der Waals surface area contributed by atoms with Crippen LogP contribution in [0, 0.1) is 5.92 Å². The fourth-order valence-corrected chi connectivity index (χ4v) is 2.92. The van der Waals surface area contributed by atoms with Gasteiger partial charge in [0.25, 0.3) is 5.91 Å². The smallest absolute Gasteiger partial charge is 0.253 e. The van der Waals surface area contributed by atoms with Gasteiger partial charge < -0.3 is 15.0 Å². The van der Waals surface area contributed by atoms with E-state index in [1.54, 1.807) is 0 Å². The summed E-state index contributed by atoms with van der Waals surface area (Å²) in [5, 5.41) is 3.21. The number of piperidine rings is 1. The number of ether oxygens (including phenoxy) is 1. The number of carbonyl (C=O) groups excluding carboxylic acids is 1. The molecule has 1 amide bonds. The molecule has 1 aromatic carbocycles. The molecule has 1 atom stereocenters. The molecule has 0 spiro atoms. The van der Waals surface area contributed by atoms with Gasteiger partial charge in [-0.3, -0.25) is 4.79 Å².